The second-order valence-electron chi connectivity index (χ2n) is 2.92. The van der Waals surface area contributed by atoms with Gasteiger partial charge in [0.25, 0.3) is 0 Å². The van der Waals surface area contributed by atoms with Gasteiger partial charge < -0.3 is 14.4 Å². The smallest absolute Gasteiger partial charge is 0.0721 e. The van der Waals surface area contributed by atoms with Crippen molar-refractivity contribution in [1.29, 1.82) is 0 Å². The van der Waals surface area contributed by atoms with E-state index in [2.05, 4.69) is 0 Å². The number of aliphatic hydroxyl groups excluding tert-OH is 1. The van der Waals surface area contributed by atoms with Crippen molar-refractivity contribution < 1.29 is 9.84 Å². The molecule has 1 heterocycles. The van der Waals surface area contributed by atoms with Crippen molar-refractivity contribution in [2.45, 2.75) is 26.2 Å². The zero-order valence-corrected chi connectivity index (χ0v) is 7.53. The normalized spacial score (nSPS) is 13.2. The summed E-state index contributed by atoms with van der Waals surface area (Å²) in [7, 11) is 1.70. The maximum atomic E-state index is 8.80. The molecule has 1 atom stereocenters. The molecule has 0 saturated carbocycles. The van der Waals surface area contributed by atoms with Crippen LogP contribution in [0.2, 0.25) is 0 Å². The minimum absolute atomic E-state index is 0.106. The number of hydrogen-bond acceptors (Lipinski definition) is 2. The first-order valence-corrected chi connectivity index (χ1v) is 4.04. The van der Waals surface area contributed by atoms with E-state index < -0.39 is 0 Å². The standard InChI is InChI=1S/C9H15NO2/c1-8(12-2)5-10-4-3-9(6-10)7-11/h3-4,6,8,11H,5,7H2,1-2H3. The Balaban J connectivity index is 2.52. The Morgan fingerprint density at radius 2 is 2.42 bits per heavy atom. The fourth-order valence-electron chi connectivity index (χ4n) is 1.07. The van der Waals surface area contributed by atoms with Crippen LogP contribution in [-0.4, -0.2) is 22.9 Å². The van der Waals surface area contributed by atoms with Crippen molar-refractivity contribution in [2.75, 3.05) is 7.11 Å². The highest BCUT2D eigenvalue weighted by molar-refractivity contribution is 5.08. The largest absolute Gasteiger partial charge is 0.392 e. The van der Waals surface area contributed by atoms with Gasteiger partial charge in [0, 0.05) is 26.0 Å². The molecule has 0 fully saturated rings. The molecular formula is C9H15NO2. The zero-order chi connectivity index (χ0) is 8.97. The van der Waals surface area contributed by atoms with E-state index in [0.717, 1.165) is 12.1 Å². The molecule has 0 radical (unpaired) electrons. The van der Waals surface area contributed by atoms with Gasteiger partial charge in [0.05, 0.1) is 12.7 Å². The van der Waals surface area contributed by atoms with Crippen LogP contribution in [0.5, 0.6) is 0 Å². The van der Waals surface area contributed by atoms with E-state index in [1.807, 2.05) is 30.0 Å². The molecule has 3 heteroatoms. The molecular weight excluding hydrogens is 154 g/mol. The van der Waals surface area contributed by atoms with E-state index >= 15 is 0 Å². The van der Waals surface area contributed by atoms with Gasteiger partial charge in [0.2, 0.25) is 0 Å². The second kappa shape index (κ2) is 4.28. The predicted octanol–water partition coefficient (Wildman–Crippen LogP) is 1.02. The fourth-order valence-corrected chi connectivity index (χ4v) is 1.07. The summed E-state index contributed by atoms with van der Waals surface area (Å²) in [5.41, 5.74) is 0.943. The highest BCUT2D eigenvalue weighted by Crippen LogP contribution is 2.02. The Bertz CT molecular complexity index is 232. The first-order chi connectivity index (χ1) is 5.76. The van der Waals surface area contributed by atoms with Crippen molar-refractivity contribution in [3.63, 3.8) is 0 Å². The average molecular weight is 169 g/mol. The molecule has 68 valence electrons. The number of methoxy groups -OCH3 is 1. The molecule has 0 aliphatic carbocycles. The van der Waals surface area contributed by atoms with Gasteiger partial charge in [-0.3, -0.25) is 0 Å². The number of aromatic nitrogens is 1. The first-order valence-electron chi connectivity index (χ1n) is 4.04. The molecule has 0 bridgehead atoms. The van der Waals surface area contributed by atoms with Crippen molar-refractivity contribution in [3.05, 3.63) is 24.0 Å². The van der Waals surface area contributed by atoms with Crippen LogP contribution < -0.4 is 0 Å². The zero-order valence-electron chi connectivity index (χ0n) is 7.53. The molecule has 1 unspecified atom stereocenters. The van der Waals surface area contributed by atoms with Crippen LogP contribution in [0.1, 0.15) is 12.5 Å². The fraction of sp³-hybridized carbons (Fsp3) is 0.556. The number of rotatable bonds is 4. The molecule has 0 aliphatic rings. The van der Waals surface area contributed by atoms with Crippen molar-refractivity contribution in [3.8, 4) is 0 Å². The monoisotopic (exact) mass is 169 g/mol. The molecule has 12 heavy (non-hydrogen) atoms. The van der Waals surface area contributed by atoms with E-state index in [1.165, 1.54) is 0 Å². The third-order valence-corrected chi connectivity index (χ3v) is 1.86. The average Bonchev–Trinajstić information content (AvgIpc) is 2.52. The van der Waals surface area contributed by atoms with Crippen molar-refractivity contribution in [2.24, 2.45) is 0 Å². The van der Waals surface area contributed by atoms with Gasteiger partial charge in [-0.2, -0.15) is 0 Å². The second-order valence-corrected chi connectivity index (χ2v) is 2.92. The lowest BCUT2D eigenvalue weighted by Crippen LogP contribution is -2.13. The van der Waals surface area contributed by atoms with E-state index in [-0.39, 0.29) is 12.7 Å². The van der Waals surface area contributed by atoms with Crippen molar-refractivity contribution >= 4 is 0 Å². The topological polar surface area (TPSA) is 34.4 Å². The number of nitrogens with zero attached hydrogens (tertiary/aromatic N) is 1. The summed E-state index contributed by atoms with van der Waals surface area (Å²) < 4.78 is 7.13. The van der Waals surface area contributed by atoms with E-state index in [4.69, 9.17) is 9.84 Å². The molecule has 0 aromatic carbocycles. The van der Waals surface area contributed by atoms with Gasteiger partial charge >= 0.3 is 0 Å². The third-order valence-electron chi connectivity index (χ3n) is 1.86. The molecule has 1 N–H and O–H groups in total. The quantitative estimate of drug-likeness (QED) is 0.730. The first kappa shape index (κ1) is 9.29. The summed E-state index contributed by atoms with van der Waals surface area (Å²) >= 11 is 0. The number of hydrogen-bond donors (Lipinski definition) is 1. The third kappa shape index (κ3) is 2.36. The summed E-state index contributed by atoms with van der Waals surface area (Å²) in [4.78, 5) is 0. The van der Waals surface area contributed by atoms with Gasteiger partial charge in [-0.15, -0.1) is 0 Å². The lowest BCUT2D eigenvalue weighted by molar-refractivity contribution is 0.103. The van der Waals surface area contributed by atoms with Crippen LogP contribution in [0.4, 0.5) is 0 Å². The molecule has 0 saturated heterocycles. The summed E-state index contributed by atoms with van der Waals surface area (Å²) in [5, 5.41) is 8.80. The minimum Gasteiger partial charge on any atom is -0.392 e. The van der Waals surface area contributed by atoms with Gasteiger partial charge in [-0.1, -0.05) is 0 Å². The van der Waals surface area contributed by atoms with Crippen LogP contribution in [0.25, 0.3) is 0 Å². The predicted molar refractivity (Wildman–Crippen MR) is 46.8 cm³/mol. The molecule has 1 aromatic rings. The molecule has 1 aromatic heterocycles. The van der Waals surface area contributed by atoms with Crippen LogP contribution >= 0.6 is 0 Å². The lowest BCUT2D eigenvalue weighted by Gasteiger charge is -2.09. The van der Waals surface area contributed by atoms with Crippen molar-refractivity contribution in [1.82, 2.24) is 4.57 Å². The summed E-state index contributed by atoms with van der Waals surface area (Å²) in [5.74, 6) is 0. The SMILES string of the molecule is COC(C)Cn1ccc(CO)c1. The van der Waals surface area contributed by atoms with Crippen LogP contribution in [0, 0.1) is 0 Å². The molecule has 0 aliphatic heterocycles. The maximum absolute atomic E-state index is 8.80. The van der Waals surface area contributed by atoms with Gasteiger partial charge in [-0.05, 0) is 18.6 Å². The Morgan fingerprint density at radius 3 is 2.92 bits per heavy atom. The summed E-state index contributed by atoms with van der Waals surface area (Å²) in [6.07, 6.45) is 4.08. The van der Waals surface area contributed by atoms with Crippen LogP contribution in [-0.2, 0) is 17.9 Å². The molecule has 1 rings (SSSR count). The van der Waals surface area contributed by atoms with Gasteiger partial charge in [-0.25, -0.2) is 0 Å². The Morgan fingerprint density at radius 1 is 1.67 bits per heavy atom. The summed E-state index contributed by atoms with van der Waals surface area (Å²) in [6, 6.07) is 1.91. The van der Waals surface area contributed by atoms with Gasteiger partial charge in [0.15, 0.2) is 0 Å². The minimum atomic E-state index is 0.106. The highest BCUT2D eigenvalue weighted by atomic mass is 16.5. The molecule has 0 amide bonds. The Kier molecular flexibility index (Phi) is 3.31. The Hall–Kier alpha value is -0.800. The van der Waals surface area contributed by atoms with Crippen LogP contribution in [0.3, 0.4) is 0 Å². The van der Waals surface area contributed by atoms with E-state index in [1.54, 1.807) is 7.11 Å². The van der Waals surface area contributed by atoms with Gasteiger partial charge in [0.1, 0.15) is 0 Å². The molecule has 0 spiro atoms. The Labute approximate surface area is 72.6 Å². The van der Waals surface area contributed by atoms with Crippen LogP contribution in [0.15, 0.2) is 18.5 Å². The molecule has 3 nitrogen and oxygen atoms in total. The summed E-state index contributed by atoms with van der Waals surface area (Å²) in [6.45, 7) is 2.95. The van der Waals surface area contributed by atoms with E-state index in [0.29, 0.717) is 0 Å². The lowest BCUT2D eigenvalue weighted by atomic mass is 10.4. The van der Waals surface area contributed by atoms with E-state index in [9.17, 15) is 0 Å². The number of ether oxygens (including phenoxy) is 1. The highest BCUT2D eigenvalue weighted by Gasteiger charge is 2.00. The number of aliphatic hydroxyl groups is 1. The maximum Gasteiger partial charge on any atom is 0.0721 e.